The zero-order chi connectivity index (χ0) is 12.5. The molecule has 0 aliphatic carbocycles. The lowest BCUT2D eigenvalue weighted by Gasteiger charge is -1.90. The van der Waals surface area contributed by atoms with Crippen molar-refractivity contribution >= 4 is 12.0 Å². The summed E-state index contributed by atoms with van der Waals surface area (Å²) in [5.74, 6) is -0.511. The Morgan fingerprint density at radius 3 is 2.41 bits per heavy atom. The van der Waals surface area contributed by atoms with Gasteiger partial charge >= 0.3 is 0 Å². The molecule has 0 amide bonds. The Bertz CT molecular complexity index is 466. The van der Waals surface area contributed by atoms with Gasteiger partial charge in [-0.15, -0.1) is 5.10 Å². The molecule has 17 heavy (non-hydrogen) atoms. The molecule has 2 aromatic rings. The van der Waals surface area contributed by atoms with Crippen molar-refractivity contribution in [1.82, 2.24) is 10.2 Å². The molecule has 0 aliphatic rings. The largest absolute Gasteiger partial charge is 0.411 e. The molecule has 0 unspecified atom stereocenters. The third kappa shape index (κ3) is 4.61. The predicted octanol–water partition coefficient (Wildman–Crippen LogP) is 1.88. The van der Waals surface area contributed by atoms with Gasteiger partial charge in [0.05, 0.1) is 0 Å². The summed E-state index contributed by atoms with van der Waals surface area (Å²) in [4.78, 5) is 10.9. The summed E-state index contributed by atoms with van der Waals surface area (Å²) in [6.45, 7) is 0. The average molecular weight is 232 g/mol. The van der Waals surface area contributed by atoms with E-state index < -0.39 is 0 Å². The summed E-state index contributed by atoms with van der Waals surface area (Å²) in [5.41, 5.74) is 0.519. The number of hydrogen-bond acceptors (Lipinski definition) is 4. The number of hydrogen-bond donors (Lipinski definition) is 2. The molecule has 0 fully saturated rings. The fourth-order valence-corrected chi connectivity index (χ4v) is 0.976. The number of rotatable bonds is 2. The van der Waals surface area contributed by atoms with Gasteiger partial charge in [-0.1, -0.05) is 35.5 Å². The topological polar surface area (TPSA) is 98.2 Å². The number of H-pyrrole nitrogens is 1. The number of nitrogens with one attached hydrogen (secondary N) is 1. The van der Waals surface area contributed by atoms with Crippen LogP contribution in [0.5, 0.6) is 5.88 Å². The van der Waals surface area contributed by atoms with Gasteiger partial charge in [-0.05, 0) is 0 Å². The summed E-state index contributed by atoms with van der Waals surface area (Å²) in [6, 6.07) is 9.98. The highest BCUT2D eigenvalue weighted by Crippen LogP contribution is 1.97. The summed E-state index contributed by atoms with van der Waals surface area (Å²) >= 11 is 0. The molecule has 1 aromatic carbocycles. The van der Waals surface area contributed by atoms with Gasteiger partial charge in [-0.2, -0.15) is 0 Å². The van der Waals surface area contributed by atoms with Gasteiger partial charge in [0.1, 0.15) is 6.21 Å². The van der Waals surface area contributed by atoms with Crippen molar-refractivity contribution in [3.05, 3.63) is 48.2 Å². The molecule has 0 saturated carbocycles. The molecule has 0 saturated heterocycles. The fourth-order valence-electron chi connectivity index (χ4n) is 0.976. The molecular formula is C11H10N3O3. The van der Waals surface area contributed by atoms with Gasteiger partial charge in [0.25, 0.3) is 5.88 Å². The maximum Gasteiger partial charge on any atom is 0.287 e. The first-order chi connectivity index (χ1) is 8.24. The Morgan fingerprint density at radius 2 is 2.00 bits per heavy atom. The van der Waals surface area contributed by atoms with Gasteiger partial charge < -0.3 is 5.21 Å². The Hall–Kier alpha value is -2.63. The first-order valence-electron chi connectivity index (χ1n) is 4.67. The van der Waals surface area contributed by atoms with Crippen LogP contribution in [0.2, 0.25) is 0 Å². The van der Waals surface area contributed by atoms with E-state index in [9.17, 15) is 9.90 Å². The second-order valence-electron chi connectivity index (χ2n) is 2.89. The smallest absolute Gasteiger partial charge is 0.287 e. The molecule has 87 valence electrons. The van der Waals surface area contributed by atoms with Crippen LogP contribution in [-0.2, 0) is 5.11 Å². The monoisotopic (exact) mass is 232 g/mol. The number of benzene rings is 1. The average Bonchev–Trinajstić information content (AvgIpc) is 2.83. The van der Waals surface area contributed by atoms with E-state index in [1.165, 1.54) is 12.3 Å². The lowest BCUT2D eigenvalue weighted by molar-refractivity contribution is 0.106. The molecular weight excluding hydrogens is 222 g/mol. The zero-order valence-corrected chi connectivity index (χ0v) is 8.78. The van der Waals surface area contributed by atoms with Gasteiger partial charge in [-0.25, -0.2) is 0 Å². The Morgan fingerprint density at radius 1 is 1.29 bits per heavy atom. The van der Waals surface area contributed by atoms with Crippen LogP contribution in [0, 0.1) is 0 Å². The summed E-state index contributed by atoms with van der Waals surface area (Å²) in [6.07, 6.45) is 2.36. The van der Waals surface area contributed by atoms with E-state index in [4.69, 9.17) is 5.21 Å². The summed E-state index contributed by atoms with van der Waals surface area (Å²) < 4.78 is 0. The molecule has 0 spiro atoms. The van der Waals surface area contributed by atoms with Crippen LogP contribution in [0.15, 0.2) is 47.8 Å². The van der Waals surface area contributed by atoms with Crippen LogP contribution < -0.4 is 0 Å². The van der Waals surface area contributed by atoms with Gasteiger partial charge in [0.15, 0.2) is 0 Å². The Kier molecular flexibility index (Phi) is 4.96. The standard InChI is InChI=1S/C8H7NO2.C3H3N2O/c10-8(6-9-11)7-4-2-1-3-5-7;6-3-1-2-4-5-3/h1-6,11H;1-2H,(H,4,5). The number of Topliss-reactive ketones (excluding diaryl/α,β-unsaturated/α-hetero) is 1. The molecule has 0 atom stereocenters. The van der Waals surface area contributed by atoms with Gasteiger partial charge in [-0.3, -0.25) is 15.0 Å². The van der Waals surface area contributed by atoms with Crippen molar-refractivity contribution in [2.45, 2.75) is 0 Å². The van der Waals surface area contributed by atoms with Crippen LogP contribution in [0.4, 0.5) is 0 Å². The van der Waals surface area contributed by atoms with Crippen molar-refractivity contribution in [2.24, 2.45) is 5.16 Å². The molecule has 1 aromatic heterocycles. The van der Waals surface area contributed by atoms with E-state index in [1.807, 2.05) is 6.07 Å². The minimum atomic E-state index is -0.298. The number of aromatic nitrogens is 2. The van der Waals surface area contributed by atoms with Crippen LogP contribution in [0.3, 0.4) is 0 Å². The molecule has 0 aliphatic heterocycles. The summed E-state index contributed by atoms with van der Waals surface area (Å²) in [7, 11) is 0. The minimum Gasteiger partial charge on any atom is -0.411 e. The molecule has 6 heteroatoms. The normalized spacial score (nSPS) is 9.65. The number of ketones is 1. The number of carbonyl (C=O) groups is 1. The third-order valence-corrected chi connectivity index (χ3v) is 1.71. The molecule has 1 heterocycles. The maximum atomic E-state index is 10.9. The Balaban J connectivity index is 0.000000202. The number of nitrogens with zero attached hydrogens (tertiary/aromatic N) is 2. The highest BCUT2D eigenvalue weighted by Gasteiger charge is 1.98. The van der Waals surface area contributed by atoms with Crippen LogP contribution >= 0.6 is 0 Å². The first-order valence-corrected chi connectivity index (χ1v) is 4.67. The van der Waals surface area contributed by atoms with Gasteiger partial charge in [0, 0.05) is 17.8 Å². The van der Waals surface area contributed by atoms with Crippen molar-refractivity contribution in [3.8, 4) is 5.88 Å². The highest BCUT2D eigenvalue weighted by molar-refractivity contribution is 6.35. The molecule has 6 nitrogen and oxygen atoms in total. The lowest BCUT2D eigenvalue weighted by atomic mass is 10.1. The van der Waals surface area contributed by atoms with Gasteiger partial charge in [0.2, 0.25) is 5.78 Å². The Labute approximate surface area is 97.2 Å². The quantitative estimate of drug-likeness (QED) is 0.358. The van der Waals surface area contributed by atoms with Crippen LogP contribution in [0.1, 0.15) is 10.4 Å². The van der Waals surface area contributed by atoms with E-state index in [-0.39, 0.29) is 11.7 Å². The van der Waals surface area contributed by atoms with Crippen molar-refractivity contribution in [1.29, 1.82) is 0 Å². The summed E-state index contributed by atoms with van der Waals surface area (Å²) in [5, 5.41) is 26.2. The van der Waals surface area contributed by atoms with Crippen molar-refractivity contribution in [2.75, 3.05) is 0 Å². The molecule has 0 bridgehead atoms. The lowest BCUT2D eigenvalue weighted by Crippen LogP contribution is -1.98. The number of aromatic amines is 1. The zero-order valence-electron chi connectivity index (χ0n) is 8.78. The number of oxime groups is 1. The molecule has 2 rings (SSSR count). The minimum absolute atomic E-state index is 0.213. The van der Waals surface area contributed by atoms with Crippen molar-refractivity contribution < 1.29 is 15.1 Å². The van der Waals surface area contributed by atoms with Crippen LogP contribution in [0.25, 0.3) is 0 Å². The number of carbonyl (C=O) groups excluding carboxylic acids is 1. The molecule has 1 radical (unpaired) electrons. The SMILES string of the molecule is O=C(C=NO)c1ccccc1.[O]c1cc[nH]n1. The van der Waals surface area contributed by atoms with E-state index >= 15 is 0 Å². The maximum absolute atomic E-state index is 10.9. The first kappa shape index (κ1) is 12.4. The highest BCUT2D eigenvalue weighted by atomic mass is 16.4. The fraction of sp³-hybridized carbons (Fsp3) is 0. The van der Waals surface area contributed by atoms with Crippen molar-refractivity contribution in [3.63, 3.8) is 0 Å². The van der Waals surface area contributed by atoms with E-state index in [2.05, 4.69) is 15.4 Å². The van der Waals surface area contributed by atoms with E-state index in [1.54, 1.807) is 24.3 Å². The van der Waals surface area contributed by atoms with E-state index in [0.717, 1.165) is 6.21 Å². The van der Waals surface area contributed by atoms with E-state index in [0.29, 0.717) is 5.56 Å². The predicted molar refractivity (Wildman–Crippen MR) is 59.8 cm³/mol. The third-order valence-electron chi connectivity index (χ3n) is 1.71. The second-order valence-corrected chi connectivity index (χ2v) is 2.89. The second kappa shape index (κ2) is 6.78. The molecule has 2 N–H and O–H groups in total. The van der Waals surface area contributed by atoms with Crippen LogP contribution in [-0.4, -0.2) is 27.4 Å².